The van der Waals surface area contributed by atoms with Crippen LogP contribution in [-0.4, -0.2) is 52.2 Å². The molecule has 2 aromatic carbocycles. The number of piperidine rings is 1. The third-order valence-electron chi connectivity index (χ3n) is 5.43. The maximum atomic E-state index is 11.1. The zero-order valence-corrected chi connectivity index (χ0v) is 22.5. The van der Waals surface area contributed by atoms with Crippen molar-refractivity contribution in [3.8, 4) is 11.4 Å². The van der Waals surface area contributed by atoms with E-state index < -0.39 is 5.97 Å². The topological polar surface area (TPSA) is 120 Å². The van der Waals surface area contributed by atoms with E-state index in [2.05, 4.69) is 20.8 Å². The molecule has 0 saturated carbocycles. The second-order valence-corrected chi connectivity index (χ2v) is 8.25. The number of hydrogen-bond acceptors (Lipinski definition) is 9. The van der Waals surface area contributed by atoms with Gasteiger partial charge < -0.3 is 29.6 Å². The molecule has 2 N–H and O–H groups in total. The number of carbonyl (C=O) groups excluding carboxylic acids is 1. The van der Waals surface area contributed by atoms with Gasteiger partial charge in [0.2, 0.25) is 4.77 Å². The van der Waals surface area contributed by atoms with E-state index in [4.69, 9.17) is 21.7 Å². The van der Waals surface area contributed by atoms with Gasteiger partial charge in [0.05, 0.1) is 18.3 Å². The molecule has 2 heterocycles. The van der Waals surface area contributed by atoms with Crippen LogP contribution in [0.25, 0.3) is 5.69 Å². The molecule has 0 aliphatic carbocycles. The number of aromatic nitrogens is 4. The fraction of sp³-hybridized carbons (Fsp3) is 0.348. The molecule has 179 valence electrons. The van der Waals surface area contributed by atoms with Crippen LogP contribution in [0, 0.1) is 17.2 Å². The van der Waals surface area contributed by atoms with Gasteiger partial charge in [0.25, 0.3) is 0 Å². The van der Waals surface area contributed by atoms with E-state index in [1.807, 2.05) is 66.9 Å². The zero-order chi connectivity index (χ0) is 23.9. The summed E-state index contributed by atoms with van der Waals surface area (Å²) >= 11 is 5.14. The molecule has 1 fully saturated rings. The predicted molar refractivity (Wildman–Crippen MR) is 127 cm³/mol. The van der Waals surface area contributed by atoms with Gasteiger partial charge in [-0.1, -0.05) is 22.4 Å². The molecule has 0 bridgehead atoms. The number of tetrazole rings is 1. The fourth-order valence-corrected chi connectivity index (χ4v) is 4.17. The number of carboxylic acid groups (broad SMARTS) is 1. The monoisotopic (exact) mass is 505 g/mol. The number of ether oxygens (including phenoxy) is 2. The third-order valence-corrected chi connectivity index (χ3v) is 5.69. The van der Waals surface area contributed by atoms with Crippen LogP contribution in [0.1, 0.15) is 19.8 Å². The molecule has 1 aromatic heterocycles. The van der Waals surface area contributed by atoms with Gasteiger partial charge in [0.1, 0.15) is 5.75 Å². The molecule has 3 aromatic rings. The number of aliphatic carboxylic acids is 1. The van der Waals surface area contributed by atoms with Crippen molar-refractivity contribution >= 4 is 29.6 Å². The van der Waals surface area contributed by atoms with E-state index in [9.17, 15) is 9.90 Å². The molecule has 4 rings (SSSR count). The summed E-state index contributed by atoms with van der Waals surface area (Å²) in [5, 5.41) is 24.6. The maximum Gasteiger partial charge on any atom is 1.00 e. The van der Waals surface area contributed by atoms with Crippen LogP contribution in [-0.2, 0) is 9.53 Å². The van der Waals surface area contributed by atoms with Crippen molar-refractivity contribution in [2.24, 2.45) is 5.92 Å². The molecule has 1 aliphatic rings. The summed E-state index contributed by atoms with van der Waals surface area (Å²) in [6, 6.07) is 15.3. The standard InChI is InChI=1S/C23H27N6O4S.Na/c1-2-32-21-9-16(10-22(30)31)13-28(14-21)18-6-4-8-20(12-18)33-15-24-17-5-3-7-19(11-17)29-23(34)25-26-27-29;/h3-8,11-13,16,21,24H,2,9-10,14-15H2,1H3,(H,30,31)(H,25,27,34);/q;+1/p-1. The van der Waals surface area contributed by atoms with E-state index in [1.165, 1.54) is 0 Å². The van der Waals surface area contributed by atoms with Crippen molar-refractivity contribution in [2.45, 2.75) is 25.9 Å². The number of benzene rings is 2. The zero-order valence-electron chi connectivity index (χ0n) is 19.7. The first-order chi connectivity index (χ1) is 16.5. The predicted octanol–water partition coefficient (Wildman–Crippen LogP) is -0.690. The maximum absolute atomic E-state index is 11.1. The fourth-order valence-electron chi connectivity index (χ4n) is 3.98. The quantitative estimate of drug-likeness (QED) is 0.210. The second-order valence-electron chi connectivity index (χ2n) is 7.88. The van der Waals surface area contributed by atoms with Gasteiger partial charge >= 0.3 is 29.6 Å². The SMILES string of the molecule is CCOC1CC(CC(=O)[O-])[CH]N(c2cccc(OCNc3cccc(-n4[nH]nnc4=S)c3)c2)C1.[Na+]. The average Bonchev–Trinajstić information content (AvgIpc) is 3.25. The van der Waals surface area contributed by atoms with Gasteiger partial charge in [-0.25, -0.2) is 4.68 Å². The first kappa shape index (κ1) is 27.2. The second kappa shape index (κ2) is 13.0. The van der Waals surface area contributed by atoms with Gasteiger partial charge in [-0.05, 0) is 68.2 Å². The van der Waals surface area contributed by atoms with Gasteiger partial charge in [0.15, 0.2) is 6.73 Å². The van der Waals surface area contributed by atoms with Gasteiger partial charge in [-0.2, -0.15) is 5.21 Å². The van der Waals surface area contributed by atoms with Crippen molar-refractivity contribution in [1.82, 2.24) is 20.2 Å². The number of H-pyrrole nitrogens is 1. The average molecular weight is 506 g/mol. The summed E-state index contributed by atoms with van der Waals surface area (Å²) in [5.41, 5.74) is 2.56. The smallest absolute Gasteiger partial charge is 0.550 e. The van der Waals surface area contributed by atoms with Crippen LogP contribution in [0.2, 0.25) is 0 Å². The molecular formula is C23H26N6NaO4S. The minimum atomic E-state index is -1.06. The molecule has 12 heteroatoms. The molecule has 2 unspecified atom stereocenters. The Bertz CT molecular complexity index is 1170. The summed E-state index contributed by atoms with van der Waals surface area (Å²) in [7, 11) is 0. The van der Waals surface area contributed by atoms with E-state index >= 15 is 0 Å². The number of carbonyl (C=O) groups is 1. The Labute approximate surface area is 230 Å². The summed E-state index contributed by atoms with van der Waals surface area (Å²) in [5.74, 6) is -0.520. The molecule has 1 aliphatic heterocycles. The van der Waals surface area contributed by atoms with Crippen molar-refractivity contribution in [1.29, 1.82) is 0 Å². The molecule has 0 spiro atoms. The molecule has 2 atom stereocenters. The molecule has 10 nitrogen and oxygen atoms in total. The number of rotatable bonds is 10. The van der Waals surface area contributed by atoms with E-state index in [1.54, 1.807) is 4.68 Å². The minimum Gasteiger partial charge on any atom is -0.550 e. The first-order valence-electron chi connectivity index (χ1n) is 11.0. The summed E-state index contributed by atoms with van der Waals surface area (Å²) < 4.78 is 13.7. The number of anilines is 2. The van der Waals surface area contributed by atoms with Crippen molar-refractivity contribution in [3.05, 3.63) is 59.8 Å². The Morgan fingerprint density at radius 3 is 2.80 bits per heavy atom. The summed E-state index contributed by atoms with van der Waals surface area (Å²) in [6.45, 7) is 5.36. The number of nitrogens with zero attached hydrogens (tertiary/aromatic N) is 4. The first-order valence-corrected chi connectivity index (χ1v) is 11.4. The van der Waals surface area contributed by atoms with Crippen molar-refractivity contribution in [3.63, 3.8) is 0 Å². The Hall–Kier alpha value is -2.44. The number of carboxylic acids is 1. The van der Waals surface area contributed by atoms with Crippen LogP contribution >= 0.6 is 12.2 Å². The Kier molecular flexibility index (Phi) is 10.1. The van der Waals surface area contributed by atoms with Crippen molar-refractivity contribution < 1.29 is 48.9 Å². The van der Waals surface area contributed by atoms with E-state index in [0.29, 0.717) is 30.1 Å². The number of hydrogen-bond donors (Lipinski definition) is 2. The van der Waals surface area contributed by atoms with Gasteiger partial charge in [-0.3, -0.25) is 0 Å². The van der Waals surface area contributed by atoms with Gasteiger partial charge in [-0.15, -0.1) is 0 Å². The Balaban J connectivity index is 0.00000342. The van der Waals surface area contributed by atoms with Crippen LogP contribution < -0.4 is 49.6 Å². The van der Waals surface area contributed by atoms with Gasteiger partial charge in [0, 0.05) is 36.6 Å². The van der Waals surface area contributed by atoms with Crippen LogP contribution in [0.15, 0.2) is 48.5 Å². The summed E-state index contributed by atoms with van der Waals surface area (Å²) in [4.78, 5) is 13.2. The normalized spacial score (nSPS) is 17.5. The molecule has 35 heavy (non-hydrogen) atoms. The Morgan fingerprint density at radius 2 is 2.06 bits per heavy atom. The van der Waals surface area contributed by atoms with Crippen molar-refractivity contribution in [2.75, 3.05) is 30.1 Å². The van der Waals surface area contributed by atoms with E-state index in [-0.39, 0.29) is 54.7 Å². The molecule has 0 amide bonds. The number of nitrogens with one attached hydrogen (secondary N) is 2. The summed E-state index contributed by atoms with van der Waals surface area (Å²) in [6.07, 6.45) is 0.590. The Morgan fingerprint density at radius 1 is 1.26 bits per heavy atom. The molecule has 1 saturated heterocycles. The van der Waals surface area contributed by atoms with Crippen LogP contribution in [0.5, 0.6) is 5.75 Å². The minimum absolute atomic E-state index is 0. The largest absolute Gasteiger partial charge is 1.00 e. The van der Waals surface area contributed by atoms with Crippen LogP contribution in [0.4, 0.5) is 11.4 Å². The van der Waals surface area contributed by atoms with Crippen LogP contribution in [0.3, 0.4) is 0 Å². The number of aromatic amines is 1. The molecular weight excluding hydrogens is 479 g/mol. The molecule has 1 radical (unpaired) electrons. The third kappa shape index (κ3) is 7.52. The van der Waals surface area contributed by atoms with E-state index in [0.717, 1.165) is 17.1 Å².